The largest absolute Gasteiger partial charge is 0.389 e. The fourth-order valence-corrected chi connectivity index (χ4v) is 1.05. The zero-order valence-corrected chi connectivity index (χ0v) is 8.16. The lowest BCUT2D eigenvalue weighted by Gasteiger charge is -2.12. The topological polar surface area (TPSA) is 9.23 Å². The van der Waals surface area contributed by atoms with E-state index in [0.29, 0.717) is 0 Å². The van der Waals surface area contributed by atoms with E-state index in [1.165, 1.54) is 0 Å². The van der Waals surface area contributed by atoms with Gasteiger partial charge in [-0.15, -0.1) is 0 Å². The molecule has 0 aliphatic rings. The van der Waals surface area contributed by atoms with Gasteiger partial charge in [-0.3, -0.25) is 0 Å². The first-order chi connectivity index (χ1) is 5.95. The predicted molar refractivity (Wildman–Crippen MR) is 45.6 cm³/mol. The highest BCUT2D eigenvalue weighted by atomic mass is 19.4. The fourth-order valence-electron chi connectivity index (χ4n) is 1.05. The summed E-state index contributed by atoms with van der Waals surface area (Å²) in [6.45, 7) is 4.12. The molecule has 0 aromatic heterocycles. The van der Waals surface area contributed by atoms with Gasteiger partial charge in [0.05, 0.1) is 6.10 Å². The van der Waals surface area contributed by atoms with Gasteiger partial charge in [0.1, 0.15) is 0 Å². The van der Waals surface area contributed by atoms with Crippen molar-refractivity contribution in [3.63, 3.8) is 0 Å². The van der Waals surface area contributed by atoms with Crippen LogP contribution < -0.4 is 0 Å². The maximum Gasteiger partial charge on any atom is 0.389 e. The molecule has 0 rings (SSSR count). The second-order valence-corrected chi connectivity index (χ2v) is 3.19. The van der Waals surface area contributed by atoms with Crippen LogP contribution in [0.15, 0.2) is 0 Å². The van der Waals surface area contributed by atoms with Crippen LogP contribution in [-0.2, 0) is 4.74 Å². The fraction of sp³-hybridized carbons (Fsp3) is 1.00. The molecule has 0 unspecified atom stereocenters. The second-order valence-electron chi connectivity index (χ2n) is 3.19. The Kier molecular flexibility index (Phi) is 6.12. The van der Waals surface area contributed by atoms with Crippen LogP contribution in [0.5, 0.6) is 0 Å². The molecule has 0 aliphatic heterocycles. The summed E-state index contributed by atoms with van der Waals surface area (Å²) in [5, 5.41) is 0. The van der Waals surface area contributed by atoms with Gasteiger partial charge < -0.3 is 4.74 Å². The number of alkyl halides is 3. The molecule has 0 saturated carbocycles. The Labute approximate surface area is 77.3 Å². The van der Waals surface area contributed by atoms with E-state index in [0.717, 1.165) is 12.8 Å². The van der Waals surface area contributed by atoms with E-state index >= 15 is 0 Å². The summed E-state index contributed by atoms with van der Waals surface area (Å²) in [4.78, 5) is 0. The third-order valence-corrected chi connectivity index (χ3v) is 1.70. The van der Waals surface area contributed by atoms with Gasteiger partial charge in [-0.1, -0.05) is 13.3 Å². The lowest BCUT2D eigenvalue weighted by molar-refractivity contribution is -0.138. The van der Waals surface area contributed by atoms with Crippen LogP contribution in [-0.4, -0.2) is 18.9 Å². The van der Waals surface area contributed by atoms with Crippen LogP contribution in [0.3, 0.4) is 0 Å². The number of halogens is 3. The van der Waals surface area contributed by atoms with Crippen molar-refractivity contribution >= 4 is 0 Å². The number of hydrogen-bond donors (Lipinski definition) is 0. The molecule has 0 bridgehead atoms. The molecule has 0 aliphatic carbocycles. The Balaban J connectivity index is 3.25. The minimum Gasteiger partial charge on any atom is -0.379 e. The third-order valence-electron chi connectivity index (χ3n) is 1.70. The van der Waals surface area contributed by atoms with Crippen LogP contribution in [0.4, 0.5) is 13.2 Å². The summed E-state index contributed by atoms with van der Waals surface area (Å²) in [5.41, 5.74) is 0. The summed E-state index contributed by atoms with van der Waals surface area (Å²) in [6, 6.07) is 0. The van der Waals surface area contributed by atoms with E-state index in [1.54, 1.807) is 0 Å². The van der Waals surface area contributed by atoms with E-state index in [-0.39, 0.29) is 19.1 Å². The molecule has 0 saturated heterocycles. The zero-order valence-electron chi connectivity index (χ0n) is 8.16. The van der Waals surface area contributed by atoms with Crippen LogP contribution in [0.25, 0.3) is 0 Å². The molecular weight excluding hydrogens is 181 g/mol. The highest BCUT2D eigenvalue weighted by Crippen LogP contribution is 2.21. The van der Waals surface area contributed by atoms with Gasteiger partial charge in [0, 0.05) is 13.0 Å². The maximum atomic E-state index is 11.7. The van der Waals surface area contributed by atoms with Gasteiger partial charge in [-0.05, 0) is 19.8 Å². The minimum atomic E-state index is -4.04. The molecule has 0 aromatic carbocycles. The molecule has 80 valence electrons. The zero-order chi connectivity index (χ0) is 10.3. The number of rotatable bonds is 6. The molecule has 1 nitrogen and oxygen atoms in total. The molecule has 0 spiro atoms. The SMILES string of the molecule is CCC[C@@H](C)OCCCC(F)(F)F. The van der Waals surface area contributed by atoms with E-state index in [2.05, 4.69) is 0 Å². The molecule has 0 amide bonds. The standard InChI is InChI=1S/C9H17F3O/c1-3-5-8(2)13-7-4-6-9(10,11)12/h8H,3-7H2,1-2H3/t8-/m1/s1. The number of ether oxygens (including phenoxy) is 1. The van der Waals surface area contributed by atoms with E-state index in [9.17, 15) is 13.2 Å². The first-order valence-electron chi connectivity index (χ1n) is 4.64. The molecule has 13 heavy (non-hydrogen) atoms. The maximum absolute atomic E-state index is 11.7. The summed E-state index contributed by atoms with van der Waals surface area (Å²) in [5.74, 6) is 0. The average Bonchev–Trinajstić information content (AvgIpc) is 1.97. The Morgan fingerprint density at radius 2 is 1.92 bits per heavy atom. The van der Waals surface area contributed by atoms with Crippen molar-refractivity contribution < 1.29 is 17.9 Å². The van der Waals surface area contributed by atoms with Crippen LogP contribution in [0, 0.1) is 0 Å². The van der Waals surface area contributed by atoms with Crippen LogP contribution >= 0.6 is 0 Å². The molecule has 0 fully saturated rings. The molecule has 4 heteroatoms. The van der Waals surface area contributed by atoms with Crippen molar-refractivity contribution in [1.82, 2.24) is 0 Å². The summed E-state index contributed by atoms with van der Waals surface area (Å²) >= 11 is 0. The molecule has 1 atom stereocenters. The third kappa shape index (κ3) is 9.67. The van der Waals surface area contributed by atoms with Gasteiger partial charge in [-0.2, -0.15) is 13.2 Å². The molecule has 0 heterocycles. The average molecular weight is 198 g/mol. The number of hydrogen-bond acceptors (Lipinski definition) is 1. The van der Waals surface area contributed by atoms with E-state index in [1.807, 2.05) is 13.8 Å². The summed E-state index contributed by atoms with van der Waals surface area (Å²) in [6.07, 6.45) is -2.73. The normalized spacial score (nSPS) is 14.5. The summed E-state index contributed by atoms with van der Waals surface area (Å²) < 4.78 is 40.2. The van der Waals surface area contributed by atoms with Gasteiger partial charge in [-0.25, -0.2) is 0 Å². The van der Waals surface area contributed by atoms with Crippen molar-refractivity contribution in [3.05, 3.63) is 0 Å². The van der Waals surface area contributed by atoms with Crippen molar-refractivity contribution in [3.8, 4) is 0 Å². The predicted octanol–water partition coefficient (Wildman–Crippen LogP) is 3.53. The molecule has 0 N–H and O–H groups in total. The van der Waals surface area contributed by atoms with Crippen molar-refractivity contribution in [2.24, 2.45) is 0 Å². The highest BCUT2D eigenvalue weighted by Gasteiger charge is 2.25. The Morgan fingerprint density at radius 1 is 1.31 bits per heavy atom. The lowest BCUT2D eigenvalue weighted by Crippen LogP contribution is -2.12. The monoisotopic (exact) mass is 198 g/mol. The first kappa shape index (κ1) is 12.8. The van der Waals surface area contributed by atoms with Crippen LogP contribution in [0.1, 0.15) is 39.5 Å². The van der Waals surface area contributed by atoms with Gasteiger partial charge in [0.15, 0.2) is 0 Å². The van der Waals surface area contributed by atoms with Gasteiger partial charge >= 0.3 is 6.18 Å². The minimum absolute atomic E-state index is 0.0670. The Bertz CT molecular complexity index is 123. The van der Waals surface area contributed by atoms with E-state index in [4.69, 9.17) is 4.74 Å². The molecule has 0 aromatic rings. The van der Waals surface area contributed by atoms with Crippen LogP contribution in [0.2, 0.25) is 0 Å². The highest BCUT2D eigenvalue weighted by molar-refractivity contribution is 4.52. The Hall–Kier alpha value is -0.250. The second kappa shape index (κ2) is 6.24. The van der Waals surface area contributed by atoms with Crippen molar-refractivity contribution in [1.29, 1.82) is 0 Å². The lowest BCUT2D eigenvalue weighted by atomic mass is 10.2. The van der Waals surface area contributed by atoms with E-state index < -0.39 is 12.6 Å². The summed E-state index contributed by atoms with van der Waals surface area (Å²) in [7, 11) is 0. The quantitative estimate of drug-likeness (QED) is 0.593. The molecular formula is C9H17F3O. The van der Waals surface area contributed by atoms with Crippen molar-refractivity contribution in [2.45, 2.75) is 51.8 Å². The van der Waals surface area contributed by atoms with Gasteiger partial charge in [0.25, 0.3) is 0 Å². The Morgan fingerprint density at radius 3 is 2.38 bits per heavy atom. The van der Waals surface area contributed by atoms with Crippen molar-refractivity contribution in [2.75, 3.05) is 6.61 Å². The molecule has 0 radical (unpaired) electrons. The van der Waals surface area contributed by atoms with Gasteiger partial charge in [0.2, 0.25) is 0 Å². The smallest absolute Gasteiger partial charge is 0.379 e. The first-order valence-corrected chi connectivity index (χ1v) is 4.64.